The normalized spacial score (nSPS) is 12.5. The number of rotatable bonds is 12. The Kier molecular flexibility index (Phi) is 15.8. The van der Waals surface area contributed by atoms with E-state index in [0.29, 0.717) is 0 Å². The number of nitrogens with one attached hydrogen (secondary N) is 1. The van der Waals surface area contributed by atoms with Crippen molar-refractivity contribution in [1.29, 1.82) is 0 Å². The van der Waals surface area contributed by atoms with Gasteiger partial charge in [-0.2, -0.15) is 0 Å². The smallest absolute Gasteiger partial charge is 0.115 e. The second-order valence-corrected chi connectivity index (χ2v) is 30.7. The van der Waals surface area contributed by atoms with Crippen molar-refractivity contribution in [3.05, 3.63) is 289 Å². The zero-order valence-electron chi connectivity index (χ0n) is 57.1. The van der Waals surface area contributed by atoms with Crippen LogP contribution in [0.25, 0.3) is 77.8 Å². The quantitative estimate of drug-likeness (QED) is 0.132. The van der Waals surface area contributed by atoms with Crippen LogP contribution in [-0.2, 0) is 27.1 Å². The van der Waals surface area contributed by atoms with Gasteiger partial charge in [-0.15, -0.1) is 0 Å². The molecule has 10 aromatic carbocycles. The van der Waals surface area contributed by atoms with Crippen LogP contribution in [0, 0.1) is 0 Å². The first-order valence-corrected chi connectivity index (χ1v) is 33.1. The molecule has 0 aliphatic rings. The minimum Gasteiger partial charge on any atom is -0.347 e. The van der Waals surface area contributed by atoms with E-state index in [1.807, 2.05) is 0 Å². The molecule has 1 N–H and O–H groups in total. The summed E-state index contributed by atoms with van der Waals surface area (Å²) in [6.45, 7) is 34.5. The van der Waals surface area contributed by atoms with Gasteiger partial charge in [0.1, 0.15) is 5.82 Å². The van der Waals surface area contributed by atoms with E-state index in [1.165, 1.54) is 49.7 Å². The summed E-state index contributed by atoms with van der Waals surface area (Å²) >= 11 is 0. The van der Waals surface area contributed by atoms with Crippen molar-refractivity contribution < 1.29 is 0 Å². The number of hydrogen-bond donors (Lipinski definition) is 1. The largest absolute Gasteiger partial charge is 0.347 e. The molecule has 3 heterocycles. The maximum Gasteiger partial charge on any atom is 0.115 e. The fraction of sp³-hybridized carbons (Fsp3) is 0.227. The molecule has 13 rings (SSSR count). The second-order valence-electron chi connectivity index (χ2n) is 30.7. The molecule has 5 nitrogen and oxygen atoms in total. The number of aromatic nitrogens is 3. The van der Waals surface area contributed by atoms with Crippen LogP contribution in [0.4, 0.5) is 34.3 Å². The van der Waals surface area contributed by atoms with Crippen LogP contribution in [0.2, 0.25) is 0 Å². The molecule has 466 valence electrons. The minimum absolute atomic E-state index is 0.00273. The Labute approximate surface area is 552 Å². The highest BCUT2D eigenvalue weighted by molar-refractivity contribution is 6.10. The van der Waals surface area contributed by atoms with Gasteiger partial charge in [0.25, 0.3) is 0 Å². The Balaban J connectivity index is 1.11. The van der Waals surface area contributed by atoms with Gasteiger partial charge in [-0.25, -0.2) is 0 Å². The van der Waals surface area contributed by atoms with Gasteiger partial charge in [0.15, 0.2) is 0 Å². The lowest BCUT2D eigenvalue weighted by Crippen LogP contribution is -2.14. The van der Waals surface area contributed by atoms with E-state index in [1.54, 1.807) is 0 Å². The van der Waals surface area contributed by atoms with Crippen molar-refractivity contribution in [1.82, 2.24) is 14.1 Å². The van der Waals surface area contributed by atoms with E-state index in [0.717, 1.165) is 90.2 Å². The number of benzene rings is 10. The van der Waals surface area contributed by atoms with E-state index >= 15 is 0 Å². The number of H-pyrrole nitrogens is 1. The highest BCUT2D eigenvalue weighted by Gasteiger charge is 2.28. The highest BCUT2D eigenvalue weighted by Crippen LogP contribution is 2.47. The molecule has 0 aliphatic heterocycles. The molecule has 0 saturated carbocycles. The first-order valence-electron chi connectivity index (χ1n) is 33.1. The molecule has 0 atom stereocenters. The average molecular weight is 1220 g/mol. The average Bonchev–Trinajstić information content (AvgIpc) is 1.61. The lowest BCUT2D eigenvalue weighted by Gasteiger charge is -2.29. The van der Waals surface area contributed by atoms with Gasteiger partial charge >= 0.3 is 0 Å². The summed E-state index contributed by atoms with van der Waals surface area (Å²) in [5.41, 5.74) is 25.0. The standard InChI is InChI=1S/C88H89N5/c1-84(2,3)66-34-26-63(27-35-66)65-50-83(89-57-65)92(73-44-32-62(33-45-73)60-24-20-17-21-25-60)75-53-74(54-76(55-75)93-80-48-40-69(87(10,11)12)51-78(80)79-52-70(88(13,14)15)41-49-81(79)93)91(72-42-30-61(31-43-72)59-22-18-16-19-23-59)77-56-82(64-28-36-67(37-29-64)85(4,5)6)90(58-77)71-46-38-68(39-47-71)86(7,8)9/h16-58,89H,1-15H3. The maximum atomic E-state index is 3.86. The van der Waals surface area contributed by atoms with E-state index < -0.39 is 0 Å². The predicted molar refractivity (Wildman–Crippen MR) is 399 cm³/mol. The van der Waals surface area contributed by atoms with Crippen molar-refractivity contribution in [3.8, 4) is 56.0 Å². The summed E-state index contributed by atoms with van der Waals surface area (Å²) in [6.07, 6.45) is 4.51. The van der Waals surface area contributed by atoms with Crippen molar-refractivity contribution in [2.45, 2.75) is 131 Å². The predicted octanol–water partition coefficient (Wildman–Crippen LogP) is 25.0. The fourth-order valence-electron chi connectivity index (χ4n) is 13.1. The molecule has 0 fully saturated rings. The Morgan fingerprint density at radius 1 is 0.280 bits per heavy atom. The Hall–Kier alpha value is -9.84. The van der Waals surface area contributed by atoms with Gasteiger partial charge in [-0.1, -0.05) is 262 Å². The summed E-state index contributed by atoms with van der Waals surface area (Å²) < 4.78 is 4.91. The van der Waals surface area contributed by atoms with Gasteiger partial charge in [0, 0.05) is 45.8 Å². The van der Waals surface area contributed by atoms with Crippen molar-refractivity contribution in [3.63, 3.8) is 0 Å². The summed E-state index contributed by atoms with van der Waals surface area (Å²) in [6, 6.07) is 93.4. The molecule has 93 heavy (non-hydrogen) atoms. The van der Waals surface area contributed by atoms with E-state index in [2.05, 4.69) is 389 Å². The van der Waals surface area contributed by atoms with Gasteiger partial charge < -0.3 is 19.0 Å². The molecule has 0 spiro atoms. The number of nitrogens with zero attached hydrogens (tertiary/aromatic N) is 4. The van der Waals surface area contributed by atoms with Gasteiger partial charge in [0.2, 0.25) is 0 Å². The van der Waals surface area contributed by atoms with E-state index in [4.69, 9.17) is 0 Å². The molecule has 0 radical (unpaired) electrons. The van der Waals surface area contributed by atoms with Crippen LogP contribution in [-0.4, -0.2) is 14.1 Å². The SMILES string of the molecule is CC(C)(C)c1ccc(-c2c[nH]c(N(c3ccc(-c4ccccc4)cc3)c3cc(N(c4ccc(-c5ccccc5)cc4)c4cc(-c5ccc(C(C)(C)C)cc5)n(-c5ccc(C(C)(C)C)cc5)c4)cc(-n4c5ccc(C(C)(C)C)cc5c5cc(C(C)(C)C)ccc54)c3)c2)cc1. The van der Waals surface area contributed by atoms with Crippen LogP contribution in [0.1, 0.15) is 132 Å². The lowest BCUT2D eigenvalue weighted by molar-refractivity contribution is 0.590. The number of aromatic amines is 1. The summed E-state index contributed by atoms with van der Waals surface area (Å²) in [4.78, 5) is 8.75. The number of fused-ring (bicyclic) bond motifs is 3. The van der Waals surface area contributed by atoms with Gasteiger partial charge in [-0.05, 0) is 179 Å². The van der Waals surface area contributed by atoms with Gasteiger partial charge in [-0.3, -0.25) is 4.90 Å². The number of hydrogen-bond acceptors (Lipinski definition) is 2. The summed E-state index contributed by atoms with van der Waals surface area (Å²) in [5, 5.41) is 2.47. The summed E-state index contributed by atoms with van der Waals surface area (Å²) in [7, 11) is 0. The molecule has 3 aromatic heterocycles. The second kappa shape index (κ2) is 23.7. The molecule has 5 heteroatoms. The van der Waals surface area contributed by atoms with E-state index in [9.17, 15) is 0 Å². The molecular formula is C88H89N5. The molecule has 0 unspecified atom stereocenters. The van der Waals surface area contributed by atoms with Crippen LogP contribution in [0.15, 0.2) is 261 Å². The zero-order valence-corrected chi connectivity index (χ0v) is 57.1. The first kappa shape index (κ1) is 62.0. The molecule has 0 saturated heterocycles. The highest BCUT2D eigenvalue weighted by atomic mass is 15.2. The molecule has 0 bridgehead atoms. The minimum atomic E-state index is -0.0630. The lowest BCUT2D eigenvalue weighted by atomic mass is 9.85. The Bertz CT molecular complexity index is 4640. The van der Waals surface area contributed by atoms with Crippen molar-refractivity contribution in [2.24, 2.45) is 0 Å². The molecular weight excluding hydrogens is 1130 g/mol. The maximum absolute atomic E-state index is 3.86. The third-order valence-electron chi connectivity index (χ3n) is 18.7. The van der Waals surface area contributed by atoms with Crippen LogP contribution in [0.5, 0.6) is 0 Å². The molecule has 0 amide bonds. The Morgan fingerprint density at radius 2 is 0.656 bits per heavy atom. The Morgan fingerprint density at radius 3 is 1.11 bits per heavy atom. The third-order valence-corrected chi connectivity index (χ3v) is 18.7. The summed E-state index contributed by atoms with van der Waals surface area (Å²) in [5.74, 6) is 0.942. The van der Waals surface area contributed by atoms with Crippen LogP contribution < -0.4 is 9.80 Å². The number of anilines is 6. The third kappa shape index (κ3) is 12.5. The van der Waals surface area contributed by atoms with Crippen molar-refractivity contribution >= 4 is 56.1 Å². The zero-order chi connectivity index (χ0) is 65.4. The monoisotopic (exact) mass is 1220 g/mol. The fourth-order valence-corrected chi connectivity index (χ4v) is 13.1. The first-order chi connectivity index (χ1) is 44.2. The van der Waals surface area contributed by atoms with E-state index in [-0.39, 0.29) is 27.1 Å². The van der Waals surface area contributed by atoms with Gasteiger partial charge in [0.05, 0.1) is 39.5 Å². The molecule has 13 aromatic rings. The van der Waals surface area contributed by atoms with Crippen molar-refractivity contribution in [2.75, 3.05) is 9.80 Å². The van der Waals surface area contributed by atoms with Crippen LogP contribution >= 0.6 is 0 Å². The van der Waals surface area contributed by atoms with Crippen LogP contribution in [0.3, 0.4) is 0 Å². The molecule has 0 aliphatic carbocycles. The topological polar surface area (TPSA) is 32.1 Å².